The van der Waals surface area contributed by atoms with E-state index >= 15 is 0 Å². The van der Waals surface area contributed by atoms with Crippen LogP contribution in [-0.4, -0.2) is 26.2 Å². The van der Waals surface area contributed by atoms with Crippen molar-refractivity contribution < 1.29 is 4.74 Å². The average Bonchev–Trinajstić information content (AvgIpc) is 2.76. The summed E-state index contributed by atoms with van der Waals surface area (Å²) in [5.74, 6) is 0.711. The molecule has 0 bridgehead atoms. The van der Waals surface area contributed by atoms with Gasteiger partial charge >= 0.3 is 5.69 Å². The van der Waals surface area contributed by atoms with Gasteiger partial charge in [-0.15, -0.1) is 0 Å². The predicted molar refractivity (Wildman–Crippen MR) is 110 cm³/mol. The summed E-state index contributed by atoms with van der Waals surface area (Å²) in [7, 11) is 1.59. The SMILES string of the molecule is COc1ccc(Cn2c(=O)c3nccnc3n(Cc3ccccc3C)c2=O)cc1. The molecule has 4 rings (SSSR count). The van der Waals surface area contributed by atoms with Crippen molar-refractivity contribution in [3.63, 3.8) is 0 Å². The van der Waals surface area contributed by atoms with Gasteiger partial charge in [0.15, 0.2) is 11.2 Å². The van der Waals surface area contributed by atoms with Crippen LogP contribution in [0.3, 0.4) is 0 Å². The summed E-state index contributed by atoms with van der Waals surface area (Å²) in [6, 6.07) is 15.1. The Hall–Kier alpha value is -3.74. The Labute approximate surface area is 166 Å². The van der Waals surface area contributed by atoms with Crippen LogP contribution in [0.15, 0.2) is 70.5 Å². The van der Waals surface area contributed by atoms with Crippen molar-refractivity contribution in [3.8, 4) is 5.75 Å². The van der Waals surface area contributed by atoms with E-state index in [0.29, 0.717) is 12.3 Å². The largest absolute Gasteiger partial charge is 0.497 e. The van der Waals surface area contributed by atoms with E-state index in [1.54, 1.807) is 19.2 Å². The standard InChI is InChI=1S/C22H20N4O3/c1-15-5-3-4-6-17(15)14-25-20-19(23-11-12-24-20)21(27)26(22(25)28)13-16-7-9-18(29-2)10-8-16/h3-12H,13-14H2,1-2H3. The fourth-order valence-corrected chi connectivity index (χ4v) is 3.28. The van der Waals surface area contributed by atoms with Gasteiger partial charge in [-0.1, -0.05) is 36.4 Å². The molecule has 0 atom stereocenters. The molecule has 0 fully saturated rings. The molecule has 7 heteroatoms. The van der Waals surface area contributed by atoms with E-state index in [1.165, 1.54) is 21.5 Å². The first kappa shape index (κ1) is 18.6. The Kier molecular flexibility index (Phi) is 4.95. The molecule has 0 unspecified atom stereocenters. The minimum Gasteiger partial charge on any atom is -0.497 e. The summed E-state index contributed by atoms with van der Waals surface area (Å²) in [4.78, 5) is 34.7. The Morgan fingerprint density at radius 3 is 2.34 bits per heavy atom. The lowest BCUT2D eigenvalue weighted by molar-refractivity contribution is 0.414. The molecule has 7 nitrogen and oxygen atoms in total. The van der Waals surface area contributed by atoms with E-state index in [9.17, 15) is 9.59 Å². The number of rotatable bonds is 5. The third-order valence-electron chi connectivity index (χ3n) is 4.93. The highest BCUT2D eigenvalue weighted by Crippen LogP contribution is 2.13. The molecule has 4 aromatic rings. The van der Waals surface area contributed by atoms with Crippen LogP contribution in [0.25, 0.3) is 11.2 Å². The maximum atomic E-state index is 13.3. The number of fused-ring (bicyclic) bond motifs is 1. The van der Waals surface area contributed by atoms with Gasteiger partial charge in [0.25, 0.3) is 5.56 Å². The normalized spacial score (nSPS) is 11.0. The smallest absolute Gasteiger partial charge is 0.333 e. The fraction of sp³-hybridized carbons (Fsp3) is 0.182. The predicted octanol–water partition coefficient (Wildman–Crippen LogP) is 2.37. The van der Waals surface area contributed by atoms with E-state index in [2.05, 4.69) is 9.97 Å². The Morgan fingerprint density at radius 2 is 1.62 bits per heavy atom. The molecule has 29 heavy (non-hydrogen) atoms. The van der Waals surface area contributed by atoms with Crippen LogP contribution in [0.1, 0.15) is 16.7 Å². The van der Waals surface area contributed by atoms with Crippen LogP contribution in [-0.2, 0) is 13.1 Å². The third kappa shape index (κ3) is 3.54. The van der Waals surface area contributed by atoms with Gasteiger partial charge in [-0.3, -0.25) is 13.9 Å². The van der Waals surface area contributed by atoms with Crippen molar-refractivity contribution in [1.29, 1.82) is 0 Å². The molecule has 0 spiro atoms. The van der Waals surface area contributed by atoms with Gasteiger partial charge in [0.05, 0.1) is 20.2 Å². The highest BCUT2D eigenvalue weighted by atomic mass is 16.5. The highest BCUT2D eigenvalue weighted by molar-refractivity contribution is 5.68. The molecule has 0 saturated heterocycles. The molecule has 0 aliphatic carbocycles. The van der Waals surface area contributed by atoms with Crippen molar-refractivity contribution in [2.45, 2.75) is 20.0 Å². The summed E-state index contributed by atoms with van der Waals surface area (Å²) < 4.78 is 7.88. The van der Waals surface area contributed by atoms with Gasteiger partial charge in [-0.05, 0) is 35.7 Å². The van der Waals surface area contributed by atoms with Crippen LogP contribution < -0.4 is 16.0 Å². The second kappa shape index (κ2) is 7.71. The molecule has 0 N–H and O–H groups in total. The van der Waals surface area contributed by atoms with Gasteiger partial charge < -0.3 is 4.74 Å². The Morgan fingerprint density at radius 1 is 0.897 bits per heavy atom. The summed E-state index contributed by atoms with van der Waals surface area (Å²) in [6.07, 6.45) is 2.95. The minimum atomic E-state index is -0.449. The first-order chi connectivity index (χ1) is 14.1. The molecule has 0 saturated carbocycles. The molecule has 0 amide bonds. The van der Waals surface area contributed by atoms with Crippen LogP contribution in [0, 0.1) is 6.92 Å². The summed E-state index contributed by atoms with van der Waals surface area (Å²) in [5, 5.41) is 0. The topological polar surface area (TPSA) is 79.0 Å². The highest BCUT2D eigenvalue weighted by Gasteiger charge is 2.16. The monoisotopic (exact) mass is 388 g/mol. The fourth-order valence-electron chi connectivity index (χ4n) is 3.28. The van der Waals surface area contributed by atoms with Gasteiger partial charge in [-0.25, -0.2) is 14.8 Å². The summed E-state index contributed by atoms with van der Waals surface area (Å²) in [5.41, 5.74) is 2.46. The number of aryl methyl sites for hydroxylation is 1. The van der Waals surface area contributed by atoms with Crippen molar-refractivity contribution >= 4 is 11.2 Å². The van der Waals surface area contributed by atoms with E-state index in [1.807, 2.05) is 43.3 Å². The van der Waals surface area contributed by atoms with Gasteiger partial charge in [-0.2, -0.15) is 0 Å². The van der Waals surface area contributed by atoms with Crippen LogP contribution in [0.4, 0.5) is 0 Å². The first-order valence-electron chi connectivity index (χ1n) is 9.20. The summed E-state index contributed by atoms with van der Waals surface area (Å²) in [6.45, 7) is 2.44. The van der Waals surface area contributed by atoms with Crippen molar-refractivity contribution in [1.82, 2.24) is 19.1 Å². The minimum absolute atomic E-state index is 0.141. The second-order valence-electron chi connectivity index (χ2n) is 6.76. The van der Waals surface area contributed by atoms with E-state index in [0.717, 1.165) is 16.7 Å². The number of ether oxygens (including phenoxy) is 1. The van der Waals surface area contributed by atoms with Gasteiger partial charge in [0.2, 0.25) is 0 Å². The number of nitrogens with zero attached hydrogens (tertiary/aromatic N) is 4. The molecule has 146 valence electrons. The van der Waals surface area contributed by atoms with Crippen LogP contribution in [0.5, 0.6) is 5.75 Å². The molecular formula is C22H20N4O3. The second-order valence-corrected chi connectivity index (χ2v) is 6.76. The lowest BCUT2D eigenvalue weighted by Gasteiger charge is -2.14. The number of aromatic nitrogens is 4. The van der Waals surface area contributed by atoms with Crippen LogP contribution >= 0.6 is 0 Å². The van der Waals surface area contributed by atoms with Crippen molar-refractivity contribution in [3.05, 3.63) is 98.5 Å². The Bertz CT molecular complexity index is 1290. The number of hydrogen-bond donors (Lipinski definition) is 0. The maximum Gasteiger partial charge on any atom is 0.333 e. The molecule has 2 heterocycles. The molecule has 2 aromatic heterocycles. The third-order valence-corrected chi connectivity index (χ3v) is 4.93. The number of hydrogen-bond acceptors (Lipinski definition) is 5. The quantitative estimate of drug-likeness (QED) is 0.524. The van der Waals surface area contributed by atoms with E-state index in [-0.39, 0.29) is 17.7 Å². The van der Waals surface area contributed by atoms with E-state index in [4.69, 9.17) is 4.74 Å². The van der Waals surface area contributed by atoms with Crippen molar-refractivity contribution in [2.24, 2.45) is 0 Å². The van der Waals surface area contributed by atoms with Gasteiger partial charge in [0.1, 0.15) is 5.75 Å². The lowest BCUT2D eigenvalue weighted by atomic mass is 10.1. The zero-order valence-corrected chi connectivity index (χ0v) is 16.2. The number of methoxy groups -OCH3 is 1. The zero-order chi connectivity index (χ0) is 20.4. The van der Waals surface area contributed by atoms with E-state index < -0.39 is 11.2 Å². The first-order valence-corrected chi connectivity index (χ1v) is 9.20. The van der Waals surface area contributed by atoms with Crippen LogP contribution in [0.2, 0.25) is 0 Å². The lowest BCUT2D eigenvalue weighted by Crippen LogP contribution is -2.41. The number of benzene rings is 2. The molecule has 0 aliphatic rings. The average molecular weight is 388 g/mol. The van der Waals surface area contributed by atoms with Gasteiger partial charge in [0, 0.05) is 12.4 Å². The molecule has 2 aromatic carbocycles. The zero-order valence-electron chi connectivity index (χ0n) is 16.2. The maximum absolute atomic E-state index is 13.3. The molecular weight excluding hydrogens is 368 g/mol. The summed E-state index contributed by atoms with van der Waals surface area (Å²) >= 11 is 0. The Balaban J connectivity index is 1.87. The molecule has 0 radical (unpaired) electrons. The van der Waals surface area contributed by atoms with Crippen molar-refractivity contribution in [2.75, 3.05) is 7.11 Å². The molecule has 0 aliphatic heterocycles.